The quantitative estimate of drug-likeness (QED) is 0.779. The Bertz CT molecular complexity index is 710. The number of anilines is 1. The molecule has 1 aromatic carbocycles. The molecule has 0 aliphatic heterocycles. The number of hydrogen-bond acceptors (Lipinski definition) is 4. The number of methoxy groups -OCH3 is 1. The molecule has 0 saturated carbocycles. The average molecular weight is 350 g/mol. The molecule has 0 atom stereocenters. The Labute approximate surface area is 145 Å². The van der Waals surface area contributed by atoms with Crippen LogP contribution in [0, 0.1) is 6.92 Å². The fourth-order valence-electron chi connectivity index (χ4n) is 2.23. The predicted octanol–water partition coefficient (Wildman–Crippen LogP) is 3.18. The third kappa shape index (κ3) is 5.38. The van der Waals surface area contributed by atoms with Crippen molar-refractivity contribution in [3.63, 3.8) is 0 Å². The summed E-state index contributed by atoms with van der Waals surface area (Å²) in [5.74, 6) is 0.160. The van der Waals surface area contributed by atoms with Gasteiger partial charge in [0, 0.05) is 23.9 Å². The van der Waals surface area contributed by atoms with E-state index in [1.165, 1.54) is 7.11 Å². The van der Waals surface area contributed by atoms with Crippen LogP contribution in [0.2, 0.25) is 5.02 Å². The number of carbonyl (C=O) groups excluding carboxylic acids is 2. The SMILES string of the molecule is COC(=O)CCCC(=O)Nc1cc(C)nn1Cc1ccc(Cl)cc1. The molecule has 0 unspecified atom stereocenters. The van der Waals surface area contributed by atoms with E-state index in [1.54, 1.807) is 4.68 Å². The van der Waals surface area contributed by atoms with Crippen molar-refractivity contribution in [3.8, 4) is 0 Å². The number of esters is 1. The van der Waals surface area contributed by atoms with Crippen LogP contribution >= 0.6 is 11.6 Å². The molecule has 1 amide bonds. The van der Waals surface area contributed by atoms with Crippen molar-refractivity contribution >= 4 is 29.3 Å². The second-order valence-corrected chi connectivity index (χ2v) is 5.87. The van der Waals surface area contributed by atoms with E-state index in [0.29, 0.717) is 23.8 Å². The van der Waals surface area contributed by atoms with Crippen LogP contribution in [-0.4, -0.2) is 28.8 Å². The number of rotatable bonds is 7. The molecule has 128 valence electrons. The van der Waals surface area contributed by atoms with Gasteiger partial charge in [0.15, 0.2) is 0 Å². The lowest BCUT2D eigenvalue weighted by molar-refractivity contribution is -0.140. The Hall–Kier alpha value is -2.34. The maximum absolute atomic E-state index is 12.0. The van der Waals surface area contributed by atoms with Crippen molar-refractivity contribution in [3.05, 3.63) is 46.6 Å². The molecule has 0 saturated heterocycles. The van der Waals surface area contributed by atoms with E-state index < -0.39 is 0 Å². The molecule has 0 radical (unpaired) electrons. The number of nitrogens with one attached hydrogen (secondary N) is 1. The van der Waals surface area contributed by atoms with Gasteiger partial charge in [-0.25, -0.2) is 4.68 Å². The first kappa shape index (κ1) is 18.0. The van der Waals surface area contributed by atoms with E-state index >= 15 is 0 Å². The molecule has 0 aliphatic carbocycles. The molecular formula is C17H20ClN3O3. The summed E-state index contributed by atoms with van der Waals surface area (Å²) in [5, 5.41) is 7.91. The van der Waals surface area contributed by atoms with Gasteiger partial charge in [-0.3, -0.25) is 9.59 Å². The highest BCUT2D eigenvalue weighted by Crippen LogP contribution is 2.15. The maximum Gasteiger partial charge on any atom is 0.305 e. The van der Waals surface area contributed by atoms with Crippen LogP contribution in [0.25, 0.3) is 0 Å². The van der Waals surface area contributed by atoms with Gasteiger partial charge in [0.05, 0.1) is 19.3 Å². The minimum atomic E-state index is -0.313. The molecule has 0 fully saturated rings. The van der Waals surface area contributed by atoms with Gasteiger partial charge in [0.25, 0.3) is 0 Å². The van der Waals surface area contributed by atoms with Crippen LogP contribution in [0.4, 0.5) is 5.82 Å². The molecule has 0 spiro atoms. The lowest BCUT2D eigenvalue weighted by Gasteiger charge is -2.09. The van der Waals surface area contributed by atoms with Crippen molar-refractivity contribution in [2.75, 3.05) is 12.4 Å². The second-order valence-electron chi connectivity index (χ2n) is 5.43. The molecule has 2 rings (SSSR count). The smallest absolute Gasteiger partial charge is 0.305 e. The first-order valence-corrected chi connectivity index (χ1v) is 8.01. The first-order valence-electron chi connectivity index (χ1n) is 7.63. The van der Waals surface area contributed by atoms with Gasteiger partial charge < -0.3 is 10.1 Å². The van der Waals surface area contributed by atoms with E-state index in [4.69, 9.17) is 11.6 Å². The molecule has 0 aliphatic rings. The summed E-state index contributed by atoms with van der Waals surface area (Å²) in [4.78, 5) is 23.1. The lowest BCUT2D eigenvalue weighted by Crippen LogP contribution is -2.16. The number of nitrogens with zero attached hydrogens (tertiary/aromatic N) is 2. The highest BCUT2D eigenvalue weighted by molar-refractivity contribution is 6.30. The molecular weight excluding hydrogens is 330 g/mol. The van der Waals surface area contributed by atoms with E-state index in [-0.39, 0.29) is 24.7 Å². The van der Waals surface area contributed by atoms with Gasteiger partial charge in [-0.1, -0.05) is 23.7 Å². The number of ether oxygens (including phenoxy) is 1. The topological polar surface area (TPSA) is 73.2 Å². The molecule has 1 N–H and O–H groups in total. The van der Waals surface area contributed by atoms with Crippen molar-refractivity contribution in [2.45, 2.75) is 32.7 Å². The summed E-state index contributed by atoms with van der Waals surface area (Å²) in [6.45, 7) is 2.40. The van der Waals surface area contributed by atoms with Gasteiger partial charge >= 0.3 is 5.97 Å². The normalized spacial score (nSPS) is 10.5. The van der Waals surface area contributed by atoms with Crippen molar-refractivity contribution in [1.82, 2.24) is 9.78 Å². The summed E-state index contributed by atoms with van der Waals surface area (Å²) in [7, 11) is 1.33. The highest BCUT2D eigenvalue weighted by Gasteiger charge is 2.11. The molecule has 24 heavy (non-hydrogen) atoms. The van der Waals surface area contributed by atoms with Crippen LogP contribution in [0.1, 0.15) is 30.5 Å². The summed E-state index contributed by atoms with van der Waals surface area (Å²) in [6, 6.07) is 9.29. The number of amides is 1. The number of aromatic nitrogens is 2. The minimum absolute atomic E-state index is 0.156. The molecule has 2 aromatic rings. The summed E-state index contributed by atoms with van der Waals surface area (Å²) in [5.41, 5.74) is 1.84. The molecule has 1 heterocycles. The third-order valence-electron chi connectivity index (χ3n) is 3.43. The van der Waals surface area contributed by atoms with Crippen LogP contribution in [0.5, 0.6) is 0 Å². The standard InChI is InChI=1S/C17H20ClN3O3/c1-12-10-15(19-16(22)4-3-5-17(23)24-2)21(20-12)11-13-6-8-14(18)9-7-13/h6-10H,3-5,11H2,1-2H3,(H,19,22). The number of hydrogen-bond donors (Lipinski definition) is 1. The fraction of sp³-hybridized carbons (Fsp3) is 0.353. The molecule has 6 nitrogen and oxygen atoms in total. The number of carbonyl (C=O) groups is 2. The predicted molar refractivity (Wildman–Crippen MR) is 92.0 cm³/mol. The van der Waals surface area contributed by atoms with E-state index in [9.17, 15) is 9.59 Å². The monoisotopic (exact) mass is 349 g/mol. The fourth-order valence-corrected chi connectivity index (χ4v) is 2.36. The lowest BCUT2D eigenvalue weighted by atomic mass is 10.2. The van der Waals surface area contributed by atoms with Crippen LogP contribution in [0.3, 0.4) is 0 Å². The Morgan fingerprint density at radius 1 is 1.25 bits per heavy atom. The van der Waals surface area contributed by atoms with Crippen molar-refractivity contribution < 1.29 is 14.3 Å². The number of benzene rings is 1. The number of aryl methyl sites for hydroxylation is 1. The zero-order chi connectivity index (χ0) is 17.5. The van der Waals surface area contributed by atoms with E-state index in [2.05, 4.69) is 15.2 Å². The maximum atomic E-state index is 12.0. The minimum Gasteiger partial charge on any atom is -0.469 e. The highest BCUT2D eigenvalue weighted by atomic mass is 35.5. The second kappa shape index (κ2) is 8.49. The van der Waals surface area contributed by atoms with Gasteiger partial charge in [0.2, 0.25) is 5.91 Å². The molecule has 7 heteroatoms. The van der Waals surface area contributed by atoms with Crippen LogP contribution in [0.15, 0.2) is 30.3 Å². The average Bonchev–Trinajstić information content (AvgIpc) is 2.88. The Morgan fingerprint density at radius 2 is 1.96 bits per heavy atom. The summed E-state index contributed by atoms with van der Waals surface area (Å²) in [6.07, 6.45) is 0.927. The van der Waals surface area contributed by atoms with Gasteiger partial charge in [0.1, 0.15) is 5.82 Å². The molecule has 0 bridgehead atoms. The van der Waals surface area contributed by atoms with Crippen LogP contribution in [-0.2, 0) is 20.9 Å². The van der Waals surface area contributed by atoms with E-state index in [1.807, 2.05) is 37.3 Å². The zero-order valence-corrected chi connectivity index (χ0v) is 14.5. The third-order valence-corrected chi connectivity index (χ3v) is 3.68. The van der Waals surface area contributed by atoms with Gasteiger partial charge in [-0.2, -0.15) is 5.10 Å². The van der Waals surface area contributed by atoms with Crippen molar-refractivity contribution in [1.29, 1.82) is 0 Å². The first-order chi connectivity index (χ1) is 11.5. The number of halogens is 1. The zero-order valence-electron chi connectivity index (χ0n) is 13.7. The molecule has 1 aromatic heterocycles. The summed E-state index contributed by atoms with van der Waals surface area (Å²) >= 11 is 5.89. The Morgan fingerprint density at radius 3 is 2.62 bits per heavy atom. The van der Waals surface area contributed by atoms with Crippen molar-refractivity contribution in [2.24, 2.45) is 0 Å². The summed E-state index contributed by atoms with van der Waals surface area (Å²) < 4.78 is 6.29. The van der Waals surface area contributed by atoms with Gasteiger partial charge in [-0.15, -0.1) is 0 Å². The largest absolute Gasteiger partial charge is 0.469 e. The van der Waals surface area contributed by atoms with E-state index in [0.717, 1.165) is 11.3 Å². The Balaban J connectivity index is 1.96. The van der Waals surface area contributed by atoms with Gasteiger partial charge in [-0.05, 0) is 31.0 Å². The Kier molecular flexibility index (Phi) is 6.37. The van der Waals surface area contributed by atoms with Crippen LogP contribution < -0.4 is 5.32 Å².